The summed E-state index contributed by atoms with van der Waals surface area (Å²) >= 11 is 0. The fourth-order valence-corrected chi connectivity index (χ4v) is 5.85. The van der Waals surface area contributed by atoms with E-state index in [4.69, 9.17) is 10.2 Å². The Morgan fingerprint density at radius 1 is 1.00 bits per heavy atom. The molecule has 35 heavy (non-hydrogen) atoms. The molecule has 7 nitrogen and oxygen atoms in total. The molecule has 1 aliphatic carbocycles. The van der Waals surface area contributed by atoms with Gasteiger partial charge in [0.2, 0.25) is 5.82 Å². The normalized spacial score (nSPS) is 20.1. The van der Waals surface area contributed by atoms with Crippen LogP contribution in [-0.4, -0.2) is 58.9 Å². The minimum atomic E-state index is -0.392. The van der Waals surface area contributed by atoms with Crippen molar-refractivity contribution in [1.29, 1.82) is 5.26 Å². The van der Waals surface area contributed by atoms with Gasteiger partial charge in [-0.2, -0.15) is 5.26 Å². The van der Waals surface area contributed by atoms with Gasteiger partial charge in [0.25, 0.3) is 0 Å². The molecule has 3 fully saturated rings. The van der Waals surface area contributed by atoms with Gasteiger partial charge in [0, 0.05) is 54.7 Å². The summed E-state index contributed by atoms with van der Waals surface area (Å²) in [5.74, 6) is 0.908. The van der Waals surface area contributed by atoms with E-state index in [0.29, 0.717) is 0 Å². The summed E-state index contributed by atoms with van der Waals surface area (Å²) in [5, 5.41) is 10.1. The van der Waals surface area contributed by atoms with Crippen LogP contribution in [0.5, 0.6) is 0 Å². The Bertz CT molecular complexity index is 1280. The summed E-state index contributed by atoms with van der Waals surface area (Å²) in [6, 6.07) is 8.20. The number of carbonyl (C=O) groups excluding carboxylic acids is 1. The highest BCUT2D eigenvalue weighted by atomic mass is 16.1. The maximum Gasteiger partial charge on any atom is 0.232 e. The molecular formula is C28H30N6O. The number of nitriles is 1. The standard InChI is InChI=1S/C28H30N6O/c29-14-26-31-15-22(16-32-26)21-3-4-25-23(13-21)27(24(17-30-25)28(19-35)7-8-28)34-11-5-20(6-12-34)18-33-9-1-2-10-33/h3-4,13,15-17,19-20H,1-2,5-12,18H2. The molecule has 2 aromatic heterocycles. The van der Waals surface area contributed by atoms with Crippen LogP contribution in [0.2, 0.25) is 0 Å². The van der Waals surface area contributed by atoms with E-state index < -0.39 is 5.41 Å². The van der Waals surface area contributed by atoms with Crippen LogP contribution in [0.1, 0.15) is 49.9 Å². The molecule has 1 saturated carbocycles. The molecule has 2 aliphatic heterocycles. The Labute approximate surface area is 205 Å². The number of aromatic nitrogens is 3. The van der Waals surface area contributed by atoms with Crippen molar-refractivity contribution in [2.45, 2.75) is 43.9 Å². The quantitative estimate of drug-likeness (QED) is 0.506. The van der Waals surface area contributed by atoms with Gasteiger partial charge in [0.05, 0.1) is 16.6 Å². The minimum Gasteiger partial charge on any atom is -0.371 e. The number of rotatable bonds is 6. The highest BCUT2D eigenvalue weighted by Gasteiger charge is 2.47. The number of piperidine rings is 1. The second-order valence-corrected chi connectivity index (χ2v) is 10.4. The van der Waals surface area contributed by atoms with Gasteiger partial charge >= 0.3 is 0 Å². The average Bonchev–Trinajstić information content (AvgIpc) is 3.55. The highest BCUT2D eigenvalue weighted by molar-refractivity contribution is 5.98. The van der Waals surface area contributed by atoms with Crippen molar-refractivity contribution in [1.82, 2.24) is 19.9 Å². The number of hydrogen-bond acceptors (Lipinski definition) is 7. The molecule has 178 valence electrons. The molecular weight excluding hydrogens is 436 g/mol. The summed E-state index contributed by atoms with van der Waals surface area (Å²) in [6.45, 7) is 5.73. The fourth-order valence-electron chi connectivity index (χ4n) is 5.85. The van der Waals surface area contributed by atoms with E-state index in [2.05, 4.69) is 25.8 Å². The molecule has 7 heteroatoms. The predicted octanol–water partition coefficient (Wildman–Crippen LogP) is 4.11. The molecule has 0 spiro atoms. The molecule has 0 bridgehead atoms. The number of benzene rings is 1. The first-order valence-electron chi connectivity index (χ1n) is 12.8. The molecule has 0 unspecified atom stereocenters. The molecule has 0 atom stereocenters. The molecule has 0 amide bonds. The number of pyridine rings is 1. The highest BCUT2D eigenvalue weighted by Crippen LogP contribution is 2.51. The Kier molecular flexibility index (Phi) is 5.69. The average molecular weight is 467 g/mol. The minimum absolute atomic E-state index is 0.164. The van der Waals surface area contributed by atoms with Crippen molar-refractivity contribution < 1.29 is 4.79 Å². The molecule has 3 aliphatic rings. The first-order chi connectivity index (χ1) is 17.2. The number of hydrogen-bond donors (Lipinski definition) is 0. The number of anilines is 1. The summed E-state index contributed by atoms with van der Waals surface area (Å²) in [6.07, 6.45) is 13.3. The van der Waals surface area contributed by atoms with Gasteiger partial charge in [-0.1, -0.05) is 6.07 Å². The van der Waals surface area contributed by atoms with Crippen LogP contribution in [-0.2, 0) is 10.2 Å². The van der Waals surface area contributed by atoms with Gasteiger partial charge in [0.15, 0.2) is 0 Å². The second-order valence-electron chi connectivity index (χ2n) is 10.4. The molecule has 0 N–H and O–H groups in total. The summed E-state index contributed by atoms with van der Waals surface area (Å²) in [4.78, 5) is 30.4. The van der Waals surface area contributed by atoms with Crippen molar-refractivity contribution in [3.63, 3.8) is 0 Å². The molecule has 1 aromatic carbocycles. The van der Waals surface area contributed by atoms with E-state index in [-0.39, 0.29) is 5.82 Å². The van der Waals surface area contributed by atoms with Gasteiger partial charge in [-0.25, -0.2) is 9.97 Å². The third kappa shape index (κ3) is 4.17. The van der Waals surface area contributed by atoms with Crippen LogP contribution in [0.3, 0.4) is 0 Å². The van der Waals surface area contributed by atoms with Crippen LogP contribution in [0.25, 0.3) is 22.0 Å². The van der Waals surface area contributed by atoms with Crippen LogP contribution in [0.4, 0.5) is 5.69 Å². The largest absolute Gasteiger partial charge is 0.371 e. The van der Waals surface area contributed by atoms with E-state index in [1.54, 1.807) is 12.4 Å². The number of nitrogens with zero attached hydrogens (tertiary/aromatic N) is 6. The lowest BCUT2D eigenvalue weighted by Gasteiger charge is -2.37. The number of carbonyl (C=O) groups is 1. The van der Waals surface area contributed by atoms with Crippen LogP contribution in [0, 0.1) is 17.2 Å². The third-order valence-electron chi connectivity index (χ3n) is 8.12. The van der Waals surface area contributed by atoms with Crippen molar-refractivity contribution >= 4 is 22.9 Å². The van der Waals surface area contributed by atoms with Gasteiger partial charge in [-0.15, -0.1) is 0 Å². The number of aldehydes is 1. The van der Waals surface area contributed by atoms with E-state index in [1.165, 1.54) is 51.0 Å². The van der Waals surface area contributed by atoms with Gasteiger partial charge < -0.3 is 14.6 Å². The van der Waals surface area contributed by atoms with Gasteiger partial charge in [-0.05, 0) is 75.2 Å². The monoisotopic (exact) mass is 466 g/mol. The fraction of sp³-hybridized carbons (Fsp3) is 0.464. The van der Waals surface area contributed by atoms with Crippen molar-refractivity contribution in [2.24, 2.45) is 5.92 Å². The lowest BCUT2D eigenvalue weighted by molar-refractivity contribution is -0.109. The van der Waals surface area contributed by atoms with Crippen LogP contribution < -0.4 is 4.90 Å². The van der Waals surface area contributed by atoms with Crippen LogP contribution >= 0.6 is 0 Å². The molecule has 3 aromatic rings. The summed E-state index contributed by atoms with van der Waals surface area (Å²) in [7, 11) is 0. The SMILES string of the molecule is N#Cc1ncc(-c2ccc3ncc(C4(C=O)CC4)c(N4CCC(CN5CCCC5)CC4)c3c2)cn1. The summed E-state index contributed by atoms with van der Waals surface area (Å²) < 4.78 is 0. The predicted molar refractivity (Wildman–Crippen MR) is 135 cm³/mol. The van der Waals surface area contributed by atoms with E-state index in [1.807, 2.05) is 24.4 Å². The smallest absolute Gasteiger partial charge is 0.232 e. The lowest BCUT2D eigenvalue weighted by Crippen LogP contribution is -2.39. The molecule has 6 rings (SSSR count). The first kappa shape index (κ1) is 22.1. The number of likely N-dealkylation sites (tertiary alicyclic amines) is 1. The zero-order valence-corrected chi connectivity index (χ0v) is 20.0. The zero-order valence-electron chi connectivity index (χ0n) is 20.0. The maximum atomic E-state index is 12.2. The zero-order chi connectivity index (χ0) is 23.8. The Morgan fingerprint density at radius 3 is 2.40 bits per heavy atom. The van der Waals surface area contributed by atoms with Gasteiger partial charge in [0.1, 0.15) is 12.4 Å². The lowest BCUT2D eigenvalue weighted by atomic mass is 9.90. The van der Waals surface area contributed by atoms with E-state index >= 15 is 0 Å². The topological polar surface area (TPSA) is 86.0 Å². The van der Waals surface area contributed by atoms with Crippen LogP contribution in [0.15, 0.2) is 36.8 Å². The first-order valence-corrected chi connectivity index (χ1v) is 12.8. The van der Waals surface area contributed by atoms with E-state index in [0.717, 1.165) is 65.7 Å². The van der Waals surface area contributed by atoms with Gasteiger partial charge in [-0.3, -0.25) is 4.98 Å². The summed E-state index contributed by atoms with van der Waals surface area (Å²) in [5.41, 5.74) is 4.64. The number of fused-ring (bicyclic) bond motifs is 1. The second kappa shape index (κ2) is 9.01. The Hall–Kier alpha value is -3.37. The van der Waals surface area contributed by atoms with Crippen molar-refractivity contribution in [3.8, 4) is 17.2 Å². The molecule has 2 saturated heterocycles. The Balaban J connectivity index is 1.36. The third-order valence-corrected chi connectivity index (χ3v) is 8.12. The van der Waals surface area contributed by atoms with Crippen molar-refractivity contribution in [2.75, 3.05) is 37.6 Å². The molecule has 0 radical (unpaired) electrons. The molecule has 4 heterocycles. The Morgan fingerprint density at radius 2 is 1.74 bits per heavy atom. The van der Waals surface area contributed by atoms with E-state index in [9.17, 15) is 4.79 Å². The maximum absolute atomic E-state index is 12.2. The van der Waals surface area contributed by atoms with Crippen molar-refractivity contribution in [3.05, 3.63) is 48.2 Å².